The zero-order chi connectivity index (χ0) is 15.1. The van der Waals surface area contributed by atoms with Gasteiger partial charge in [0.15, 0.2) is 5.75 Å². The van der Waals surface area contributed by atoms with Crippen molar-refractivity contribution in [3.63, 3.8) is 0 Å². The minimum Gasteiger partial charge on any atom is -0.454 e. The molecule has 0 saturated carbocycles. The Bertz CT molecular complexity index is 551. The zero-order valence-electron chi connectivity index (χ0n) is 13.0. The fourth-order valence-electron chi connectivity index (χ4n) is 2.02. The average Bonchev–Trinajstić information content (AvgIpc) is 2.88. The number of hydrogen-bond donors (Lipinski definition) is 1. The molecule has 2 aromatic heterocycles. The van der Waals surface area contributed by atoms with Crippen molar-refractivity contribution >= 4 is 0 Å². The van der Waals surface area contributed by atoms with Crippen molar-refractivity contribution in [2.75, 3.05) is 6.54 Å². The van der Waals surface area contributed by atoms with Crippen molar-refractivity contribution in [3.8, 4) is 11.5 Å². The van der Waals surface area contributed by atoms with Gasteiger partial charge in [0.05, 0.1) is 12.4 Å². The van der Waals surface area contributed by atoms with Gasteiger partial charge in [0.2, 0.25) is 0 Å². The first kappa shape index (κ1) is 15.5. The molecule has 0 saturated heterocycles. The first-order chi connectivity index (χ1) is 10.2. The van der Waals surface area contributed by atoms with Crippen LogP contribution in [0.25, 0.3) is 0 Å². The summed E-state index contributed by atoms with van der Waals surface area (Å²) in [4.78, 5) is 4.18. The molecular formula is C16H24N4O. The lowest BCUT2D eigenvalue weighted by atomic mass is 10.2. The van der Waals surface area contributed by atoms with Crippen LogP contribution in [0.4, 0.5) is 0 Å². The number of nitrogens with zero attached hydrogens (tertiary/aromatic N) is 3. The summed E-state index contributed by atoms with van der Waals surface area (Å²) in [7, 11) is 0. The topological polar surface area (TPSA) is 52.0 Å². The third-order valence-electron chi connectivity index (χ3n) is 3.02. The van der Waals surface area contributed by atoms with Crippen LogP contribution in [0.5, 0.6) is 11.5 Å². The van der Waals surface area contributed by atoms with E-state index in [9.17, 15) is 0 Å². The van der Waals surface area contributed by atoms with Crippen molar-refractivity contribution in [1.29, 1.82) is 0 Å². The molecule has 0 radical (unpaired) electrons. The van der Waals surface area contributed by atoms with Crippen LogP contribution in [-0.4, -0.2) is 21.3 Å². The van der Waals surface area contributed by atoms with Crippen LogP contribution in [0.2, 0.25) is 0 Å². The molecule has 0 amide bonds. The van der Waals surface area contributed by atoms with Crippen molar-refractivity contribution in [2.24, 2.45) is 5.92 Å². The van der Waals surface area contributed by atoms with Crippen molar-refractivity contribution in [3.05, 3.63) is 36.4 Å². The molecule has 2 rings (SSSR count). The van der Waals surface area contributed by atoms with Gasteiger partial charge in [-0.3, -0.25) is 9.67 Å². The van der Waals surface area contributed by atoms with Gasteiger partial charge in [0.25, 0.3) is 0 Å². The maximum absolute atomic E-state index is 5.93. The predicted octanol–water partition coefficient (Wildman–Crippen LogP) is 3.23. The summed E-state index contributed by atoms with van der Waals surface area (Å²) in [6, 6.07) is 1.89. The number of ether oxygens (including phenoxy) is 1. The van der Waals surface area contributed by atoms with Gasteiger partial charge in [0, 0.05) is 31.0 Å². The maximum Gasteiger partial charge on any atom is 0.165 e. The molecule has 0 aromatic carbocycles. The van der Waals surface area contributed by atoms with Crippen LogP contribution in [0, 0.1) is 5.92 Å². The second-order valence-electron chi connectivity index (χ2n) is 5.55. The van der Waals surface area contributed by atoms with Crippen LogP contribution in [0.3, 0.4) is 0 Å². The van der Waals surface area contributed by atoms with Gasteiger partial charge < -0.3 is 10.1 Å². The average molecular weight is 288 g/mol. The van der Waals surface area contributed by atoms with Crippen molar-refractivity contribution in [1.82, 2.24) is 20.1 Å². The fourth-order valence-corrected chi connectivity index (χ4v) is 2.02. The number of aryl methyl sites for hydroxylation is 1. The summed E-state index contributed by atoms with van der Waals surface area (Å²) in [5.41, 5.74) is 1.06. The Kier molecular flexibility index (Phi) is 5.75. The summed E-state index contributed by atoms with van der Waals surface area (Å²) in [5.74, 6) is 2.22. The number of aromatic nitrogens is 3. The number of nitrogens with one attached hydrogen (secondary N) is 1. The molecular weight excluding hydrogens is 264 g/mol. The van der Waals surface area contributed by atoms with Gasteiger partial charge in [0.1, 0.15) is 5.75 Å². The Morgan fingerprint density at radius 1 is 1.33 bits per heavy atom. The van der Waals surface area contributed by atoms with Crippen molar-refractivity contribution < 1.29 is 4.74 Å². The highest BCUT2D eigenvalue weighted by atomic mass is 16.5. The van der Waals surface area contributed by atoms with Crippen LogP contribution in [-0.2, 0) is 13.1 Å². The van der Waals surface area contributed by atoms with E-state index in [1.165, 1.54) is 0 Å². The smallest absolute Gasteiger partial charge is 0.165 e. The lowest BCUT2D eigenvalue weighted by Gasteiger charge is -2.11. The third-order valence-corrected chi connectivity index (χ3v) is 3.02. The van der Waals surface area contributed by atoms with Gasteiger partial charge in [-0.15, -0.1) is 0 Å². The van der Waals surface area contributed by atoms with Gasteiger partial charge in [-0.05, 0) is 24.9 Å². The number of hydrogen-bond acceptors (Lipinski definition) is 4. The molecule has 0 unspecified atom stereocenters. The van der Waals surface area contributed by atoms with E-state index >= 15 is 0 Å². The SMILES string of the molecule is CCCn1cc(Oc2ccncc2CNCC(C)C)cn1. The molecule has 5 heteroatoms. The Balaban J connectivity index is 2.01. The molecule has 21 heavy (non-hydrogen) atoms. The molecule has 5 nitrogen and oxygen atoms in total. The molecule has 0 fully saturated rings. The Morgan fingerprint density at radius 2 is 2.19 bits per heavy atom. The monoisotopic (exact) mass is 288 g/mol. The molecule has 0 aliphatic heterocycles. The van der Waals surface area contributed by atoms with Gasteiger partial charge in [-0.25, -0.2) is 0 Å². The van der Waals surface area contributed by atoms with Crippen molar-refractivity contribution in [2.45, 2.75) is 40.3 Å². The Hall–Kier alpha value is -1.88. The highest BCUT2D eigenvalue weighted by Gasteiger charge is 2.07. The van der Waals surface area contributed by atoms with Crippen LogP contribution in [0.1, 0.15) is 32.8 Å². The lowest BCUT2D eigenvalue weighted by Crippen LogP contribution is -2.19. The summed E-state index contributed by atoms with van der Waals surface area (Å²) in [5, 5.41) is 7.69. The van der Waals surface area contributed by atoms with E-state index in [1.807, 2.05) is 23.1 Å². The van der Waals surface area contributed by atoms with Gasteiger partial charge in [-0.1, -0.05) is 20.8 Å². The maximum atomic E-state index is 5.93. The van der Waals surface area contributed by atoms with E-state index in [0.717, 1.165) is 43.1 Å². The molecule has 114 valence electrons. The highest BCUT2D eigenvalue weighted by molar-refractivity contribution is 5.34. The second kappa shape index (κ2) is 7.78. The van der Waals surface area contributed by atoms with Gasteiger partial charge >= 0.3 is 0 Å². The van der Waals surface area contributed by atoms with E-state index in [-0.39, 0.29) is 0 Å². The van der Waals surface area contributed by atoms with Crippen LogP contribution >= 0.6 is 0 Å². The summed E-state index contributed by atoms with van der Waals surface area (Å²) in [6.45, 7) is 9.14. The molecule has 2 aromatic rings. The van der Waals surface area contributed by atoms with E-state index in [0.29, 0.717) is 5.92 Å². The minimum atomic E-state index is 0.623. The largest absolute Gasteiger partial charge is 0.454 e. The molecule has 1 N–H and O–H groups in total. The number of pyridine rings is 1. The zero-order valence-corrected chi connectivity index (χ0v) is 13.0. The first-order valence-corrected chi connectivity index (χ1v) is 7.53. The van der Waals surface area contributed by atoms with E-state index in [1.54, 1.807) is 12.4 Å². The standard InChI is InChI=1S/C16H24N4O/c1-4-7-20-12-15(11-19-20)21-16-5-6-17-9-14(16)10-18-8-13(2)3/h5-6,9,11-13,18H,4,7-8,10H2,1-3H3. The Morgan fingerprint density at radius 3 is 2.95 bits per heavy atom. The molecule has 0 aliphatic rings. The highest BCUT2D eigenvalue weighted by Crippen LogP contribution is 2.24. The van der Waals surface area contributed by atoms with E-state index in [4.69, 9.17) is 4.74 Å². The fraction of sp³-hybridized carbons (Fsp3) is 0.500. The summed E-state index contributed by atoms with van der Waals surface area (Å²) >= 11 is 0. The molecule has 0 bridgehead atoms. The Labute approximate surface area is 126 Å². The van der Waals surface area contributed by atoms with E-state index < -0.39 is 0 Å². The van der Waals surface area contributed by atoms with Crippen LogP contribution < -0.4 is 10.1 Å². The molecule has 2 heterocycles. The minimum absolute atomic E-state index is 0.623. The summed E-state index contributed by atoms with van der Waals surface area (Å²) < 4.78 is 7.83. The van der Waals surface area contributed by atoms with Gasteiger partial charge in [-0.2, -0.15) is 5.10 Å². The molecule has 0 atom stereocenters. The summed E-state index contributed by atoms with van der Waals surface area (Å²) in [6.07, 6.45) is 8.33. The molecule has 0 aliphatic carbocycles. The quantitative estimate of drug-likeness (QED) is 0.810. The normalized spacial score (nSPS) is 11.0. The third kappa shape index (κ3) is 4.86. The first-order valence-electron chi connectivity index (χ1n) is 7.53. The van der Waals surface area contributed by atoms with E-state index in [2.05, 4.69) is 36.2 Å². The second-order valence-corrected chi connectivity index (χ2v) is 5.55. The lowest BCUT2D eigenvalue weighted by molar-refractivity contribution is 0.466. The number of rotatable bonds is 8. The van der Waals surface area contributed by atoms with Crippen LogP contribution in [0.15, 0.2) is 30.9 Å². The molecule has 0 spiro atoms. The predicted molar refractivity (Wildman–Crippen MR) is 83.4 cm³/mol.